The predicted octanol–water partition coefficient (Wildman–Crippen LogP) is 2.81. The van der Waals surface area contributed by atoms with E-state index < -0.39 is 12.1 Å². The van der Waals surface area contributed by atoms with Crippen LogP contribution >= 0.6 is 0 Å². The van der Waals surface area contributed by atoms with Gasteiger partial charge in [0.25, 0.3) is 5.91 Å². The fraction of sp³-hybridized carbons (Fsp3) is 0.333. The lowest BCUT2D eigenvalue weighted by molar-refractivity contribution is -0.155. The van der Waals surface area contributed by atoms with Crippen molar-refractivity contribution < 1.29 is 23.8 Å². The molecule has 0 aromatic heterocycles. The molecular formula is C21H21NO5. The highest BCUT2D eigenvalue weighted by Crippen LogP contribution is 2.31. The maximum Gasteiger partial charge on any atom is 0.351 e. The van der Waals surface area contributed by atoms with Crippen molar-refractivity contribution in [2.75, 3.05) is 19.7 Å². The van der Waals surface area contributed by atoms with Gasteiger partial charge in [0.15, 0.2) is 11.5 Å². The Morgan fingerprint density at radius 2 is 1.70 bits per heavy atom. The molecule has 1 saturated heterocycles. The summed E-state index contributed by atoms with van der Waals surface area (Å²) in [6.45, 7) is 1.90. The molecule has 0 bridgehead atoms. The van der Waals surface area contributed by atoms with Crippen LogP contribution in [0.1, 0.15) is 28.8 Å². The van der Waals surface area contributed by atoms with E-state index in [9.17, 15) is 9.59 Å². The van der Waals surface area contributed by atoms with Gasteiger partial charge in [-0.25, -0.2) is 4.79 Å². The van der Waals surface area contributed by atoms with Crippen LogP contribution in [0.25, 0.3) is 0 Å². The molecule has 27 heavy (non-hydrogen) atoms. The average molecular weight is 367 g/mol. The van der Waals surface area contributed by atoms with Crippen molar-refractivity contribution in [3.05, 3.63) is 59.7 Å². The number of nitrogens with zero attached hydrogens (tertiary/aromatic N) is 1. The van der Waals surface area contributed by atoms with E-state index in [4.69, 9.17) is 14.2 Å². The van der Waals surface area contributed by atoms with Gasteiger partial charge in [-0.2, -0.15) is 0 Å². The normalized spacial score (nSPS) is 18.2. The summed E-state index contributed by atoms with van der Waals surface area (Å²) in [5.41, 5.74) is 1.48. The van der Waals surface area contributed by atoms with Crippen molar-refractivity contribution in [1.29, 1.82) is 0 Å². The Morgan fingerprint density at radius 1 is 1.00 bits per heavy atom. The van der Waals surface area contributed by atoms with E-state index in [0.717, 1.165) is 31.5 Å². The van der Waals surface area contributed by atoms with Crippen molar-refractivity contribution >= 4 is 11.9 Å². The average Bonchev–Trinajstić information content (AvgIpc) is 3.26. The number of fused-ring (bicyclic) bond motifs is 1. The topological polar surface area (TPSA) is 65.1 Å². The second kappa shape index (κ2) is 7.70. The molecule has 2 aromatic carbocycles. The Balaban J connectivity index is 1.31. The van der Waals surface area contributed by atoms with E-state index in [1.807, 2.05) is 29.2 Å². The molecule has 1 amide bonds. The molecule has 6 heteroatoms. The van der Waals surface area contributed by atoms with Gasteiger partial charge in [-0.1, -0.05) is 24.3 Å². The SMILES string of the molecule is O=C(OCc1ccc(C(=O)N2CCCC2)cc1)[C@H]1COc2ccccc2O1. The molecule has 0 N–H and O–H groups in total. The van der Waals surface area contributed by atoms with Gasteiger partial charge in [0.1, 0.15) is 13.2 Å². The Bertz CT molecular complexity index is 827. The van der Waals surface area contributed by atoms with Crippen molar-refractivity contribution in [3.63, 3.8) is 0 Å². The second-order valence-electron chi connectivity index (χ2n) is 6.67. The molecule has 2 aliphatic heterocycles. The minimum atomic E-state index is -0.782. The summed E-state index contributed by atoms with van der Waals surface area (Å²) in [7, 11) is 0. The summed E-state index contributed by atoms with van der Waals surface area (Å²) in [6.07, 6.45) is 1.35. The molecule has 0 spiro atoms. The van der Waals surface area contributed by atoms with E-state index in [2.05, 4.69) is 0 Å². The van der Waals surface area contributed by atoms with Crippen LogP contribution in [0.2, 0.25) is 0 Å². The molecule has 6 nitrogen and oxygen atoms in total. The number of likely N-dealkylation sites (tertiary alicyclic amines) is 1. The third-order valence-electron chi connectivity index (χ3n) is 4.75. The summed E-state index contributed by atoms with van der Waals surface area (Å²) < 4.78 is 16.5. The standard InChI is InChI=1S/C21H21NO5/c23-20(22-11-3-4-12-22)16-9-7-15(8-10-16)13-26-21(24)19-14-25-17-5-1-2-6-18(17)27-19/h1-2,5-10,19H,3-4,11-14H2/t19-/m1/s1. The molecule has 0 radical (unpaired) electrons. The van der Waals surface area contributed by atoms with Crippen LogP contribution in [0, 0.1) is 0 Å². The second-order valence-corrected chi connectivity index (χ2v) is 6.67. The van der Waals surface area contributed by atoms with Gasteiger partial charge in [0.2, 0.25) is 6.10 Å². The Morgan fingerprint density at radius 3 is 2.44 bits per heavy atom. The fourth-order valence-corrected chi connectivity index (χ4v) is 3.23. The highest BCUT2D eigenvalue weighted by Gasteiger charge is 2.28. The third kappa shape index (κ3) is 3.89. The van der Waals surface area contributed by atoms with Gasteiger partial charge in [-0.3, -0.25) is 4.79 Å². The Hall–Kier alpha value is -3.02. The number of carbonyl (C=O) groups excluding carboxylic acids is 2. The van der Waals surface area contributed by atoms with E-state index in [1.165, 1.54) is 0 Å². The van der Waals surface area contributed by atoms with Crippen molar-refractivity contribution in [2.45, 2.75) is 25.6 Å². The summed E-state index contributed by atoms with van der Waals surface area (Å²) >= 11 is 0. The smallest absolute Gasteiger partial charge is 0.351 e. The van der Waals surface area contributed by atoms with Crippen LogP contribution in [0.3, 0.4) is 0 Å². The number of ether oxygens (including phenoxy) is 3. The number of hydrogen-bond acceptors (Lipinski definition) is 5. The zero-order chi connectivity index (χ0) is 18.6. The Labute approximate surface area is 157 Å². The molecule has 0 aliphatic carbocycles. The van der Waals surface area contributed by atoms with Crippen molar-refractivity contribution in [2.24, 2.45) is 0 Å². The van der Waals surface area contributed by atoms with E-state index in [0.29, 0.717) is 17.1 Å². The van der Waals surface area contributed by atoms with Crippen LogP contribution in [0.5, 0.6) is 11.5 Å². The molecule has 1 fully saturated rings. The zero-order valence-electron chi connectivity index (χ0n) is 14.9. The molecule has 0 unspecified atom stereocenters. The molecule has 140 valence electrons. The van der Waals surface area contributed by atoms with Crippen LogP contribution in [-0.2, 0) is 16.1 Å². The van der Waals surface area contributed by atoms with Crippen molar-refractivity contribution in [1.82, 2.24) is 4.90 Å². The first-order valence-corrected chi connectivity index (χ1v) is 9.14. The number of amides is 1. The number of esters is 1. The van der Waals surface area contributed by atoms with Gasteiger partial charge >= 0.3 is 5.97 Å². The van der Waals surface area contributed by atoms with Gasteiger partial charge < -0.3 is 19.1 Å². The molecule has 2 aromatic rings. The van der Waals surface area contributed by atoms with Crippen LogP contribution in [0.15, 0.2) is 48.5 Å². The number of carbonyl (C=O) groups is 2. The number of para-hydroxylation sites is 2. The first-order chi connectivity index (χ1) is 13.2. The van der Waals surface area contributed by atoms with Gasteiger partial charge in [0.05, 0.1) is 0 Å². The largest absolute Gasteiger partial charge is 0.485 e. The summed E-state index contributed by atoms with van der Waals surface area (Å²) in [5, 5.41) is 0. The van der Waals surface area contributed by atoms with Gasteiger partial charge in [0, 0.05) is 18.7 Å². The first-order valence-electron chi connectivity index (χ1n) is 9.14. The predicted molar refractivity (Wildman–Crippen MR) is 97.7 cm³/mol. The van der Waals surface area contributed by atoms with Crippen LogP contribution in [-0.4, -0.2) is 42.6 Å². The lowest BCUT2D eigenvalue weighted by Crippen LogP contribution is -2.37. The van der Waals surface area contributed by atoms with E-state index in [1.54, 1.807) is 24.3 Å². The maximum atomic E-state index is 12.3. The number of rotatable bonds is 4. The molecule has 2 aliphatic rings. The van der Waals surface area contributed by atoms with Gasteiger partial charge in [-0.15, -0.1) is 0 Å². The lowest BCUT2D eigenvalue weighted by atomic mass is 10.1. The van der Waals surface area contributed by atoms with E-state index in [-0.39, 0.29) is 19.1 Å². The minimum absolute atomic E-state index is 0.0578. The number of benzene rings is 2. The maximum absolute atomic E-state index is 12.3. The first kappa shape index (κ1) is 17.4. The minimum Gasteiger partial charge on any atom is -0.485 e. The Kier molecular flexibility index (Phi) is 4.96. The fourth-order valence-electron chi connectivity index (χ4n) is 3.23. The quantitative estimate of drug-likeness (QED) is 0.778. The molecular weight excluding hydrogens is 346 g/mol. The van der Waals surface area contributed by atoms with Crippen molar-refractivity contribution in [3.8, 4) is 11.5 Å². The highest BCUT2D eigenvalue weighted by atomic mass is 16.6. The van der Waals surface area contributed by atoms with Crippen LogP contribution in [0.4, 0.5) is 0 Å². The lowest BCUT2D eigenvalue weighted by Gasteiger charge is -2.24. The molecule has 2 heterocycles. The summed E-state index contributed by atoms with van der Waals surface area (Å²) in [4.78, 5) is 26.5. The molecule has 1 atom stereocenters. The summed E-state index contributed by atoms with van der Waals surface area (Å²) in [5.74, 6) is 0.750. The highest BCUT2D eigenvalue weighted by molar-refractivity contribution is 5.94. The summed E-state index contributed by atoms with van der Waals surface area (Å²) in [6, 6.07) is 14.4. The molecule has 0 saturated carbocycles. The third-order valence-corrected chi connectivity index (χ3v) is 4.75. The molecule has 4 rings (SSSR count). The monoisotopic (exact) mass is 367 g/mol. The van der Waals surface area contributed by atoms with E-state index >= 15 is 0 Å². The van der Waals surface area contributed by atoms with Crippen LogP contribution < -0.4 is 9.47 Å². The van der Waals surface area contributed by atoms with Gasteiger partial charge in [-0.05, 0) is 42.7 Å². The number of hydrogen-bond donors (Lipinski definition) is 0. The zero-order valence-corrected chi connectivity index (χ0v) is 14.9.